The molecule has 0 bridgehead atoms. The van der Waals surface area contributed by atoms with Crippen molar-refractivity contribution in [2.45, 2.75) is 12.8 Å². The third-order valence-electron chi connectivity index (χ3n) is 5.11. The molecule has 1 atom stereocenters. The smallest absolute Gasteiger partial charge is 0.337 e. The standard InChI is InChI=1S/C23H19N5O7S/c1-2-35-23(30)20-19(13-3-7-15(8-4-13)27(31)32)17(11-24)22(36-12-18(25)29)26-21(20)14-5-9-16(10-6-14)28(33)34/h3-10,19,26H,2,12H2,1H3,(H2,25,29). The first-order valence-electron chi connectivity index (χ1n) is 10.4. The molecule has 0 aliphatic carbocycles. The van der Waals surface area contributed by atoms with Gasteiger partial charge in [-0.3, -0.25) is 25.0 Å². The summed E-state index contributed by atoms with van der Waals surface area (Å²) in [7, 11) is 0. The molecule has 0 saturated carbocycles. The SMILES string of the molecule is CCOC(=O)C1=C(c2ccc([N+](=O)[O-])cc2)NC(SCC(N)=O)=C(C#N)C1c1ccc([N+](=O)[O-])cc1. The van der Waals surface area contributed by atoms with Crippen molar-refractivity contribution < 1.29 is 24.2 Å². The molecular formula is C23H19N5O7S. The first-order chi connectivity index (χ1) is 17.2. The van der Waals surface area contributed by atoms with Crippen LogP contribution in [-0.2, 0) is 14.3 Å². The summed E-state index contributed by atoms with van der Waals surface area (Å²) in [6.45, 7) is 1.63. The summed E-state index contributed by atoms with van der Waals surface area (Å²) >= 11 is 0.947. The molecule has 1 amide bonds. The predicted molar refractivity (Wildman–Crippen MR) is 130 cm³/mol. The van der Waals surface area contributed by atoms with Crippen molar-refractivity contribution >= 4 is 40.7 Å². The lowest BCUT2D eigenvalue weighted by molar-refractivity contribution is -0.385. The Balaban J connectivity index is 2.28. The van der Waals surface area contributed by atoms with Gasteiger partial charge in [-0.05, 0) is 30.2 Å². The zero-order chi connectivity index (χ0) is 26.4. The maximum Gasteiger partial charge on any atom is 0.337 e. The normalized spacial score (nSPS) is 15.1. The van der Waals surface area contributed by atoms with Crippen LogP contribution in [0.15, 0.2) is 64.7 Å². The number of allylic oxidation sites excluding steroid dienone is 1. The maximum absolute atomic E-state index is 13.2. The molecule has 3 rings (SSSR count). The van der Waals surface area contributed by atoms with E-state index < -0.39 is 27.6 Å². The highest BCUT2D eigenvalue weighted by Crippen LogP contribution is 2.43. The van der Waals surface area contributed by atoms with Gasteiger partial charge in [0, 0.05) is 24.3 Å². The van der Waals surface area contributed by atoms with Crippen molar-refractivity contribution in [1.29, 1.82) is 5.26 Å². The Morgan fingerprint density at radius 3 is 2.11 bits per heavy atom. The van der Waals surface area contributed by atoms with Gasteiger partial charge >= 0.3 is 5.97 Å². The topological polar surface area (TPSA) is 191 Å². The van der Waals surface area contributed by atoms with Gasteiger partial charge in [0.05, 0.1) is 56.1 Å². The number of primary amides is 1. The summed E-state index contributed by atoms with van der Waals surface area (Å²) in [5, 5.41) is 35.5. The molecule has 36 heavy (non-hydrogen) atoms. The number of carbonyl (C=O) groups excluding carboxylic acids is 2. The first-order valence-corrected chi connectivity index (χ1v) is 11.4. The van der Waals surface area contributed by atoms with E-state index in [9.17, 15) is 35.1 Å². The number of hydrogen-bond donors (Lipinski definition) is 2. The van der Waals surface area contributed by atoms with Crippen molar-refractivity contribution in [3.63, 3.8) is 0 Å². The van der Waals surface area contributed by atoms with Crippen LogP contribution in [0.4, 0.5) is 11.4 Å². The van der Waals surface area contributed by atoms with Crippen molar-refractivity contribution in [2.75, 3.05) is 12.4 Å². The summed E-state index contributed by atoms with van der Waals surface area (Å²) in [5.41, 5.74) is 6.00. The fraction of sp³-hybridized carbons (Fsp3) is 0.174. The van der Waals surface area contributed by atoms with Crippen LogP contribution in [0.5, 0.6) is 0 Å². The molecule has 1 aliphatic rings. The van der Waals surface area contributed by atoms with Crippen LogP contribution in [0.3, 0.4) is 0 Å². The van der Waals surface area contributed by atoms with Gasteiger partial charge in [-0.2, -0.15) is 5.26 Å². The number of nitro benzene ring substituents is 2. The molecule has 0 radical (unpaired) electrons. The molecule has 1 aliphatic heterocycles. The lowest BCUT2D eigenvalue weighted by Gasteiger charge is -2.30. The number of nitriles is 1. The van der Waals surface area contributed by atoms with Gasteiger partial charge in [-0.25, -0.2) is 4.79 Å². The number of dihydropyridines is 1. The average molecular weight is 510 g/mol. The Bertz CT molecular complexity index is 1330. The van der Waals surface area contributed by atoms with E-state index >= 15 is 0 Å². The van der Waals surface area contributed by atoms with Crippen molar-refractivity contribution in [2.24, 2.45) is 5.73 Å². The molecule has 184 valence electrons. The van der Waals surface area contributed by atoms with E-state index in [0.29, 0.717) is 11.1 Å². The highest BCUT2D eigenvalue weighted by Gasteiger charge is 2.37. The largest absolute Gasteiger partial charge is 0.463 e. The van der Waals surface area contributed by atoms with E-state index in [1.165, 1.54) is 48.5 Å². The molecule has 0 spiro atoms. The summed E-state index contributed by atoms with van der Waals surface area (Å²) in [5.74, 6) is -2.59. The van der Waals surface area contributed by atoms with E-state index in [4.69, 9.17) is 10.5 Å². The minimum Gasteiger partial charge on any atom is -0.463 e. The minimum absolute atomic E-state index is 0.0255. The van der Waals surface area contributed by atoms with Crippen molar-refractivity contribution in [1.82, 2.24) is 5.32 Å². The molecule has 2 aromatic carbocycles. The number of benzene rings is 2. The van der Waals surface area contributed by atoms with Gasteiger partial charge < -0.3 is 15.8 Å². The quantitative estimate of drug-likeness (QED) is 0.288. The van der Waals surface area contributed by atoms with Crippen molar-refractivity contribution in [3.8, 4) is 6.07 Å². The van der Waals surface area contributed by atoms with Gasteiger partial charge in [-0.1, -0.05) is 23.9 Å². The monoisotopic (exact) mass is 509 g/mol. The van der Waals surface area contributed by atoms with Gasteiger partial charge in [0.1, 0.15) is 0 Å². The van der Waals surface area contributed by atoms with Gasteiger partial charge in [0.15, 0.2) is 0 Å². The Kier molecular flexibility index (Phi) is 8.03. The number of carbonyl (C=O) groups is 2. The number of nitrogens with zero attached hydrogens (tertiary/aromatic N) is 3. The first kappa shape index (κ1) is 25.9. The Morgan fingerprint density at radius 2 is 1.64 bits per heavy atom. The summed E-state index contributed by atoms with van der Waals surface area (Å²) in [6, 6.07) is 12.8. The number of thioether (sulfide) groups is 1. The van der Waals surface area contributed by atoms with Crippen LogP contribution in [0.2, 0.25) is 0 Å². The van der Waals surface area contributed by atoms with Gasteiger partial charge in [0.25, 0.3) is 11.4 Å². The molecule has 3 N–H and O–H groups in total. The minimum atomic E-state index is -1.02. The second-order valence-corrected chi connectivity index (χ2v) is 8.31. The number of amides is 1. The Morgan fingerprint density at radius 1 is 1.08 bits per heavy atom. The van der Waals surface area contributed by atoms with Crippen LogP contribution in [0.1, 0.15) is 24.0 Å². The van der Waals surface area contributed by atoms with Crippen LogP contribution >= 0.6 is 11.8 Å². The Labute approximate surface area is 208 Å². The second-order valence-electron chi connectivity index (χ2n) is 7.33. The third-order valence-corrected chi connectivity index (χ3v) is 6.15. The van der Waals surface area contributed by atoms with E-state index in [2.05, 4.69) is 11.4 Å². The molecule has 12 nitrogen and oxygen atoms in total. The molecule has 2 aromatic rings. The van der Waals surface area contributed by atoms with Crippen LogP contribution < -0.4 is 11.1 Å². The average Bonchev–Trinajstić information content (AvgIpc) is 2.86. The summed E-state index contributed by atoms with van der Waals surface area (Å²) in [4.78, 5) is 45.8. The summed E-state index contributed by atoms with van der Waals surface area (Å²) in [6.07, 6.45) is 0. The highest BCUT2D eigenvalue weighted by atomic mass is 32.2. The fourth-order valence-electron chi connectivity index (χ4n) is 3.57. The lowest BCUT2D eigenvalue weighted by atomic mass is 9.81. The second kappa shape index (κ2) is 11.2. The van der Waals surface area contributed by atoms with Crippen LogP contribution in [0, 0.1) is 31.6 Å². The van der Waals surface area contributed by atoms with Crippen LogP contribution in [0.25, 0.3) is 5.70 Å². The molecular weight excluding hydrogens is 490 g/mol. The van der Waals surface area contributed by atoms with E-state index in [1.807, 2.05) is 0 Å². The number of rotatable bonds is 9. The Hall–Kier alpha value is -4.70. The highest BCUT2D eigenvalue weighted by molar-refractivity contribution is 8.03. The molecule has 13 heteroatoms. The maximum atomic E-state index is 13.2. The number of nitro groups is 2. The van der Waals surface area contributed by atoms with E-state index in [-0.39, 0.29) is 45.6 Å². The zero-order valence-corrected chi connectivity index (χ0v) is 19.6. The molecule has 1 heterocycles. The lowest BCUT2D eigenvalue weighted by Crippen LogP contribution is -2.30. The molecule has 0 fully saturated rings. The number of ether oxygens (including phenoxy) is 1. The third kappa shape index (κ3) is 5.50. The van der Waals surface area contributed by atoms with Gasteiger partial charge in [-0.15, -0.1) is 0 Å². The zero-order valence-electron chi connectivity index (χ0n) is 18.8. The molecule has 1 unspecified atom stereocenters. The number of non-ortho nitro benzene ring substituents is 2. The molecule has 0 aromatic heterocycles. The van der Waals surface area contributed by atoms with Crippen LogP contribution in [-0.4, -0.2) is 34.1 Å². The number of hydrogen-bond acceptors (Lipinski definition) is 10. The number of nitrogens with two attached hydrogens (primary N) is 1. The fourth-order valence-corrected chi connectivity index (χ4v) is 4.35. The van der Waals surface area contributed by atoms with Gasteiger partial charge in [0.2, 0.25) is 5.91 Å². The van der Waals surface area contributed by atoms with E-state index in [1.54, 1.807) is 6.92 Å². The predicted octanol–water partition coefficient (Wildman–Crippen LogP) is 3.12. The van der Waals surface area contributed by atoms with Crippen molar-refractivity contribution in [3.05, 3.63) is 96.1 Å². The van der Waals surface area contributed by atoms with E-state index in [0.717, 1.165) is 11.8 Å². The number of esters is 1. The summed E-state index contributed by atoms with van der Waals surface area (Å²) < 4.78 is 5.27. The number of nitrogens with one attached hydrogen (secondary N) is 1. The molecule has 0 saturated heterocycles.